The van der Waals surface area contributed by atoms with Gasteiger partial charge in [0.15, 0.2) is 17.2 Å². The van der Waals surface area contributed by atoms with E-state index in [-0.39, 0.29) is 46.3 Å². The molecule has 0 atom stereocenters. The summed E-state index contributed by atoms with van der Waals surface area (Å²) in [4.78, 5) is 43.5. The van der Waals surface area contributed by atoms with E-state index in [0.717, 1.165) is 10.7 Å². The third kappa shape index (κ3) is 5.82. The highest BCUT2D eigenvalue weighted by molar-refractivity contribution is 6.04. The molecule has 1 aliphatic rings. The number of hydrogen-bond acceptors (Lipinski definition) is 8. The van der Waals surface area contributed by atoms with E-state index >= 15 is 4.39 Å². The average Bonchev–Trinajstić information content (AvgIpc) is 3.43. The molecule has 0 aliphatic carbocycles. The van der Waals surface area contributed by atoms with Gasteiger partial charge in [-0.1, -0.05) is 0 Å². The summed E-state index contributed by atoms with van der Waals surface area (Å²) in [5.41, 5.74) is -0.251. The van der Waals surface area contributed by atoms with Crippen LogP contribution in [0.1, 0.15) is 30.1 Å². The summed E-state index contributed by atoms with van der Waals surface area (Å²) < 4.78 is 41.5. The smallest absolute Gasteiger partial charge is 0.284 e. The second-order valence-electron chi connectivity index (χ2n) is 10.0. The molecule has 2 N–H and O–H groups in total. The first kappa shape index (κ1) is 28.5. The van der Waals surface area contributed by atoms with Gasteiger partial charge in [0, 0.05) is 63.1 Å². The van der Waals surface area contributed by atoms with E-state index in [2.05, 4.69) is 25.6 Å². The number of piperidine rings is 1. The number of amides is 2. The molecular formula is C30H25F2N7O5. The van der Waals surface area contributed by atoms with Crippen molar-refractivity contribution < 1.29 is 27.8 Å². The van der Waals surface area contributed by atoms with Gasteiger partial charge in [-0.05, 0) is 42.5 Å². The van der Waals surface area contributed by atoms with Crippen LogP contribution < -0.4 is 20.3 Å². The fourth-order valence-corrected chi connectivity index (χ4v) is 4.84. The van der Waals surface area contributed by atoms with Gasteiger partial charge in [-0.25, -0.2) is 13.8 Å². The summed E-state index contributed by atoms with van der Waals surface area (Å²) in [6.07, 6.45) is 3.82. The van der Waals surface area contributed by atoms with Crippen molar-refractivity contribution in [2.75, 3.05) is 18.4 Å². The van der Waals surface area contributed by atoms with Crippen molar-refractivity contribution in [3.05, 3.63) is 94.5 Å². The summed E-state index contributed by atoms with van der Waals surface area (Å²) in [6.45, 7) is 2.68. The van der Waals surface area contributed by atoms with Crippen LogP contribution in [0.5, 0.6) is 17.4 Å². The highest BCUT2D eigenvalue weighted by atomic mass is 19.1. The van der Waals surface area contributed by atoms with Crippen LogP contribution in [0.15, 0.2) is 71.8 Å². The summed E-state index contributed by atoms with van der Waals surface area (Å²) in [5, 5.41) is 13.9. The van der Waals surface area contributed by atoms with Crippen LogP contribution in [-0.4, -0.2) is 60.9 Å². The number of H-pyrrole nitrogens is 1. The molecule has 1 saturated heterocycles. The number of carbonyl (C=O) groups is 2. The molecular weight excluding hydrogens is 576 g/mol. The van der Waals surface area contributed by atoms with Gasteiger partial charge in [-0.2, -0.15) is 9.78 Å². The van der Waals surface area contributed by atoms with E-state index < -0.39 is 23.1 Å². The molecule has 44 heavy (non-hydrogen) atoms. The SMILES string of the molecule is CC(=O)N1CCC(Oc2n[nH]c3nccc(Oc4ccc(NC(=O)c5ccnn(-c6ccc(F)cc6)c5=O)cc4F)c23)CC1. The number of aromatic nitrogens is 5. The predicted octanol–water partition coefficient (Wildman–Crippen LogP) is 4.22. The number of anilines is 1. The third-order valence-corrected chi connectivity index (χ3v) is 7.13. The van der Waals surface area contributed by atoms with Crippen LogP contribution >= 0.6 is 0 Å². The molecule has 12 nitrogen and oxygen atoms in total. The number of benzene rings is 2. The van der Waals surface area contributed by atoms with Crippen LogP contribution in [0.2, 0.25) is 0 Å². The minimum Gasteiger partial charge on any atom is -0.473 e. The maximum atomic E-state index is 15.2. The minimum absolute atomic E-state index is 0.0173. The lowest BCUT2D eigenvalue weighted by molar-refractivity contribution is -0.130. The molecule has 14 heteroatoms. The molecule has 0 unspecified atom stereocenters. The van der Waals surface area contributed by atoms with E-state index in [4.69, 9.17) is 9.47 Å². The van der Waals surface area contributed by atoms with Crippen molar-refractivity contribution in [1.29, 1.82) is 0 Å². The number of hydrogen-bond donors (Lipinski definition) is 2. The van der Waals surface area contributed by atoms with E-state index in [9.17, 15) is 18.8 Å². The number of ether oxygens (including phenoxy) is 2. The summed E-state index contributed by atoms with van der Waals surface area (Å²) >= 11 is 0. The van der Waals surface area contributed by atoms with Gasteiger partial charge >= 0.3 is 0 Å². The number of likely N-dealkylation sites (tertiary alicyclic amines) is 1. The molecule has 1 fully saturated rings. The number of carbonyl (C=O) groups excluding carboxylic acids is 2. The number of aromatic amines is 1. The summed E-state index contributed by atoms with van der Waals surface area (Å²) in [6, 6.07) is 11.6. The lowest BCUT2D eigenvalue weighted by Crippen LogP contribution is -2.40. The maximum Gasteiger partial charge on any atom is 0.284 e. The largest absolute Gasteiger partial charge is 0.473 e. The number of fused-ring (bicyclic) bond motifs is 1. The van der Waals surface area contributed by atoms with Gasteiger partial charge in [-0.3, -0.25) is 19.5 Å². The van der Waals surface area contributed by atoms with Crippen molar-refractivity contribution in [3.8, 4) is 23.1 Å². The molecule has 0 spiro atoms. The lowest BCUT2D eigenvalue weighted by atomic mass is 10.1. The van der Waals surface area contributed by atoms with Crippen molar-refractivity contribution in [2.45, 2.75) is 25.9 Å². The van der Waals surface area contributed by atoms with Crippen molar-refractivity contribution >= 4 is 28.5 Å². The average molecular weight is 602 g/mol. The first-order valence-corrected chi connectivity index (χ1v) is 13.6. The summed E-state index contributed by atoms with van der Waals surface area (Å²) in [7, 11) is 0. The molecule has 2 aromatic carbocycles. The molecule has 0 bridgehead atoms. The van der Waals surface area contributed by atoms with Crippen LogP contribution in [0.4, 0.5) is 14.5 Å². The van der Waals surface area contributed by atoms with Gasteiger partial charge in [0.2, 0.25) is 11.8 Å². The first-order chi connectivity index (χ1) is 21.3. The van der Waals surface area contributed by atoms with Crippen LogP contribution in [-0.2, 0) is 4.79 Å². The highest BCUT2D eigenvalue weighted by Crippen LogP contribution is 2.36. The Kier molecular flexibility index (Phi) is 7.70. The zero-order valence-corrected chi connectivity index (χ0v) is 23.3. The number of nitrogens with zero attached hydrogens (tertiary/aromatic N) is 5. The Morgan fingerprint density at radius 3 is 2.50 bits per heavy atom. The van der Waals surface area contributed by atoms with Gasteiger partial charge in [0.25, 0.3) is 11.5 Å². The number of halogens is 2. The van der Waals surface area contributed by atoms with Crippen molar-refractivity contribution in [2.24, 2.45) is 0 Å². The molecule has 4 heterocycles. The fourth-order valence-electron chi connectivity index (χ4n) is 4.84. The lowest BCUT2D eigenvalue weighted by Gasteiger charge is -2.31. The van der Waals surface area contributed by atoms with Crippen molar-refractivity contribution in [1.82, 2.24) is 29.9 Å². The van der Waals surface area contributed by atoms with E-state index in [1.165, 1.54) is 61.8 Å². The maximum absolute atomic E-state index is 15.2. The van der Waals surface area contributed by atoms with E-state index in [1.807, 2.05) is 0 Å². The van der Waals surface area contributed by atoms with Gasteiger partial charge in [0.1, 0.15) is 28.6 Å². The fraction of sp³-hybridized carbons (Fsp3) is 0.200. The Balaban J connectivity index is 1.18. The van der Waals surface area contributed by atoms with E-state index in [0.29, 0.717) is 37.0 Å². The highest BCUT2D eigenvalue weighted by Gasteiger charge is 2.25. The molecule has 0 radical (unpaired) electrons. The zero-order chi connectivity index (χ0) is 30.8. The Hall–Kier alpha value is -5.66. The molecule has 2 amide bonds. The van der Waals surface area contributed by atoms with Gasteiger partial charge in [-0.15, -0.1) is 5.10 Å². The Bertz CT molecular complexity index is 1920. The number of nitrogens with one attached hydrogen (secondary N) is 2. The normalized spacial score (nSPS) is 13.6. The molecule has 5 aromatic rings. The van der Waals surface area contributed by atoms with Crippen LogP contribution in [0.25, 0.3) is 16.7 Å². The molecule has 0 saturated carbocycles. The topological polar surface area (TPSA) is 144 Å². The zero-order valence-electron chi connectivity index (χ0n) is 23.3. The predicted molar refractivity (Wildman–Crippen MR) is 154 cm³/mol. The summed E-state index contributed by atoms with van der Waals surface area (Å²) in [5.74, 6) is -1.69. The standard InChI is InChI=1S/C30H25F2N7O5/c1-17(40)38-14-10-21(11-15-38)43-29-26-25(9-12-33-27(26)36-37-29)44-24-7-4-19(16-23(24)32)35-28(41)22-8-13-34-39(30(22)42)20-5-2-18(31)3-6-20/h2-9,12-13,16,21H,10-11,14-15H2,1H3,(H,35,41)(H,33,36,37). The quantitative estimate of drug-likeness (QED) is 0.282. The molecule has 1 aliphatic heterocycles. The number of pyridine rings is 1. The second kappa shape index (κ2) is 11.9. The third-order valence-electron chi connectivity index (χ3n) is 7.13. The van der Waals surface area contributed by atoms with Crippen molar-refractivity contribution in [3.63, 3.8) is 0 Å². The van der Waals surface area contributed by atoms with Crippen LogP contribution in [0, 0.1) is 11.6 Å². The van der Waals surface area contributed by atoms with Gasteiger partial charge < -0.3 is 19.7 Å². The number of rotatable bonds is 7. The van der Waals surface area contributed by atoms with Gasteiger partial charge in [0.05, 0.1) is 5.69 Å². The minimum atomic E-state index is -0.786. The first-order valence-electron chi connectivity index (χ1n) is 13.6. The molecule has 6 rings (SSSR count). The monoisotopic (exact) mass is 601 g/mol. The van der Waals surface area contributed by atoms with Crippen LogP contribution in [0.3, 0.4) is 0 Å². The Labute approximate surface area is 248 Å². The Morgan fingerprint density at radius 1 is 1.00 bits per heavy atom. The molecule has 224 valence electrons. The van der Waals surface area contributed by atoms with E-state index in [1.54, 1.807) is 11.0 Å². The second-order valence-corrected chi connectivity index (χ2v) is 10.0. The molecule has 3 aromatic heterocycles. The Morgan fingerprint density at radius 2 is 1.77 bits per heavy atom.